The first-order valence-corrected chi connectivity index (χ1v) is 13.1. The van der Waals surface area contributed by atoms with Gasteiger partial charge in [0.05, 0.1) is 16.8 Å². The van der Waals surface area contributed by atoms with E-state index >= 15 is 0 Å². The SMILES string of the molecule is C[C@@H]1CCCC[C@H]1NC(=O)[C@@]1(C)Cn2c(cc3sccc32)C(=O)N1CCc1ccc(Cl)cc1. The van der Waals surface area contributed by atoms with E-state index in [1.807, 2.05) is 53.3 Å². The van der Waals surface area contributed by atoms with E-state index in [1.54, 1.807) is 16.2 Å². The molecule has 3 heterocycles. The summed E-state index contributed by atoms with van der Waals surface area (Å²) in [4.78, 5) is 29.4. The van der Waals surface area contributed by atoms with E-state index in [2.05, 4.69) is 12.2 Å². The zero-order valence-corrected chi connectivity index (χ0v) is 20.7. The molecule has 33 heavy (non-hydrogen) atoms. The molecule has 1 aliphatic carbocycles. The molecule has 3 atom stereocenters. The van der Waals surface area contributed by atoms with Gasteiger partial charge in [0.2, 0.25) is 5.91 Å². The van der Waals surface area contributed by atoms with E-state index in [-0.39, 0.29) is 17.9 Å². The van der Waals surface area contributed by atoms with Crippen LogP contribution in [-0.4, -0.2) is 39.4 Å². The Labute approximate surface area is 203 Å². The maximum absolute atomic E-state index is 13.8. The summed E-state index contributed by atoms with van der Waals surface area (Å²) in [6, 6.07) is 11.9. The highest BCUT2D eigenvalue weighted by molar-refractivity contribution is 7.17. The summed E-state index contributed by atoms with van der Waals surface area (Å²) in [5, 5.41) is 6.07. The van der Waals surface area contributed by atoms with Crippen LogP contribution in [0.4, 0.5) is 0 Å². The molecule has 0 radical (unpaired) electrons. The minimum Gasteiger partial charge on any atom is -0.351 e. The Kier molecular flexibility index (Phi) is 6.00. The maximum atomic E-state index is 13.8. The normalized spacial score (nSPS) is 25.3. The van der Waals surface area contributed by atoms with E-state index in [0.29, 0.717) is 36.1 Å². The summed E-state index contributed by atoms with van der Waals surface area (Å²) < 4.78 is 3.12. The summed E-state index contributed by atoms with van der Waals surface area (Å²) in [5.41, 5.74) is 1.84. The predicted molar refractivity (Wildman–Crippen MR) is 134 cm³/mol. The highest BCUT2D eigenvalue weighted by atomic mass is 35.5. The third-order valence-electron chi connectivity index (χ3n) is 7.50. The molecule has 1 saturated carbocycles. The molecule has 0 unspecified atom stereocenters. The Hall–Kier alpha value is -2.31. The van der Waals surface area contributed by atoms with Crippen molar-refractivity contribution in [2.24, 2.45) is 5.92 Å². The molecular weight excluding hydrogens is 454 g/mol. The van der Waals surface area contributed by atoms with Crippen molar-refractivity contribution in [3.05, 3.63) is 58.1 Å². The first-order valence-electron chi connectivity index (χ1n) is 11.8. The van der Waals surface area contributed by atoms with Gasteiger partial charge in [-0.3, -0.25) is 9.59 Å². The molecule has 0 bridgehead atoms. The van der Waals surface area contributed by atoms with Gasteiger partial charge < -0.3 is 14.8 Å². The van der Waals surface area contributed by atoms with Gasteiger partial charge in [0.15, 0.2) is 0 Å². The summed E-state index contributed by atoms with van der Waals surface area (Å²) in [6.45, 7) is 5.08. The largest absolute Gasteiger partial charge is 0.351 e. The molecular formula is C26H30ClN3O2S. The van der Waals surface area contributed by atoms with Gasteiger partial charge >= 0.3 is 0 Å². The number of fused-ring (bicyclic) bond motifs is 3. The number of hydrogen-bond donors (Lipinski definition) is 1. The average molecular weight is 484 g/mol. The van der Waals surface area contributed by atoms with E-state index in [4.69, 9.17) is 11.6 Å². The van der Waals surface area contributed by atoms with Crippen molar-refractivity contribution < 1.29 is 9.59 Å². The third kappa shape index (κ3) is 4.08. The highest BCUT2D eigenvalue weighted by Crippen LogP contribution is 2.35. The molecule has 5 nitrogen and oxygen atoms in total. The molecule has 1 N–H and O–H groups in total. The van der Waals surface area contributed by atoms with Crippen LogP contribution < -0.4 is 5.32 Å². The fourth-order valence-electron chi connectivity index (χ4n) is 5.37. The van der Waals surface area contributed by atoms with E-state index in [9.17, 15) is 9.59 Å². The van der Waals surface area contributed by atoms with Crippen LogP contribution in [0.15, 0.2) is 41.8 Å². The molecule has 5 rings (SSSR count). The van der Waals surface area contributed by atoms with Crippen LogP contribution in [0.3, 0.4) is 0 Å². The van der Waals surface area contributed by atoms with Crippen LogP contribution in [-0.2, 0) is 17.8 Å². The minimum atomic E-state index is -0.957. The van der Waals surface area contributed by atoms with Crippen molar-refractivity contribution in [3.8, 4) is 0 Å². The van der Waals surface area contributed by atoms with E-state index < -0.39 is 5.54 Å². The lowest BCUT2D eigenvalue weighted by Crippen LogP contribution is -2.65. The van der Waals surface area contributed by atoms with Gasteiger partial charge in [-0.05, 0) is 67.3 Å². The third-order valence-corrected chi connectivity index (χ3v) is 8.61. The Morgan fingerprint density at radius 2 is 1.97 bits per heavy atom. The van der Waals surface area contributed by atoms with Crippen molar-refractivity contribution in [2.75, 3.05) is 6.54 Å². The topological polar surface area (TPSA) is 54.3 Å². The van der Waals surface area contributed by atoms with Crippen LogP contribution in [0.25, 0.3) is 10.2 Å². The Morgan fingerprint density at radius 1 is 1.21 bits per heavy atom. The number of thiophene rings is 1. The zero-order valence-electron chi connectivity index (χ0n) is 19.1. The van der Waals surface area contributed by atoms with Crippen LogP contribution >= 0.6 is 22.9 Å². The number of rotatable bonds is 5. The van der Waals surface area contributed by atoms with Gasteiger partial charge in [-0.1, -0.05) is 43.5 Å². The average Bonchev–Trinajstić information content (AvgIpc) is 3.39. The monoisotopic (exact) mass is 483 g/mol. The second kappa shape index (κ2) is 8.80. The minimum absolute atomic E-state index is 0.0477. The van der Waals surface area contributed by atoms with Crippen LogP contribution in [0.5, 0.6) is 0 Å². The van der Waals surface area contributed by atoms with Crippen LogP contribution in [0.1, 0.15) is 55.6 Å². The summed E-state index contributed by atoms with van der Waals surface area (Å²) >= 11 is 7.67. The van der Waals surface area contributed by atoms with Crippen molar-refractivity contribution >= 4 is 45.0 Å². The summed E-state index contributed by atoms with van der Waals surface area (Å²) in [7, 11) is 0. The van der Waals surface area contributed by atoms with E-state index in [1.165, 1.54) is 6.42 Å². The van der Waals surface area contributed by atoms with Gasteiger partial charge in [-0.2, -0.15) is 0 Å². The first-order chi connectivity index (χ1) is 15.9. The highest BCUT2D eigenvalue weighted by Gasteiger charge is 2.48. The van der Waals surface area contributed by atoms with Crippen molar-refractivity contribution in [2.45, 2.75) is 64.1 Å². The number of hydrogen-bond acceptors (Lipinski definition) is 3. The molecule has 0 spiro atoms. The number of nitrogens with zero attached hydrogens (tertiary/aromatic N) is 2. The maximum Gasteiger partial charge on any atom is 0.271 e. The molecule has 7 heteroatoms. The van der Waals surface area contributed by atoms with Crippen molar-refractivity contribution in [3.63, 3.8) is 0 Å². The van der Waals surface area contributed by atoms with Gasteiger partial charge in [-0.25, -0.2) is 0 Å². The molecule has 2 aliphatic rings. The lowest BCUT2D eigenvalue weighted by Gasteiger charge is -2.45. The fraction of sp³-hybridized carbons (Fsp3) is 0.462. The first kappa shape index (κ1) is 22.5. The summed E-state index contributed by atoms with van der Waals surface area (Å²) in [6.07, 6.45) is 5.17. The second-order valence-electron chi connectivity index (χ2n) is 9.73. The number of nitrogens with one attached hydrogen (secondary N) is 1. The molecule has 1 aliphatic heterocycles. The van der Waals surface area contributed by atoms with Gasteiger partial charge in [0, 0.05) is 17.6 Å². The van der Waals surface area contributed by atoms with Crippen LogP contribution in [0.2, 0.25) is 5.02 Å². The molecule has 2 aromatic heterocycles. The van der Waals surface area contributed by atoms with Crippen molar-refractivity contribution in [1.82, 2.24) is 14.8 Å². The van der Waals surface area contributed by atoms with Crippen molar-refractivity contribution in [1.29, 1.82) is 0 Å². The number of amides is 2. The molecule has 1 fully saturated rings. The molecule has 174 valence electrons. The number of carbonyl (C=O) groups excluding carboxylic acids is 2. The number of benzene rings is 1. The lowest BCUT2D eigenvalue weighted by molar-refractivity contribution is -0.134. The standard InChI is InChI=1S/C26H30ClN3O2S/c1-17-5-3-4-6-20(17)28-25(32)26(2)16-29-21-12-14-33-23(21)15-22(29)24(31)30(26)13-11-18-7-9-19(27)10-8-18/h7-10,12,14-15,17,20H,3-6,11,13,16H2,1-2H3,(H,28,32)/t17-,20-,26-/m1/s1. The fourth-order valence-corrected chi connectivity index (χ4v) is 6.32. The predicted octanol–water partition coefficient (Wildman–Crippen LogP) is 5.51. The second-order valence-corrected chi connectivity index (χ2v) is 11.1. The lowest BCUT2D eigenvalue weighted by atomic mass is 9.85. The smallest absolute Gasteiger partial charge is 0.271 e. The number of carbonyl (C=O) groups is 2. The van der Waals surface area contributed by atoms with Gasteiger partial charge in [0.25, 0.3) is 5.91 Å². The Morgan fingerprint density at radius 3 is 2.73 bits per heavy atom. The number of halogens is 1. The molecule has 3 aromatic rings. The Bertz CT molecular complexity index is 1180. The molecule has 1 aromatic carbocycles. The van der Waals surface area contributed by atoms with E-state index in [0.717, 1.165) is 35.0 Å². The van der Waals surface area contributed by atoms with Gasteiger partial charge in [-0.15, -0.1) is 11.3 Å². The van der Waals surface area contributed by atoms with Crippen LogP contribution in [0, 0.1) is 5.92 Å². The zero-order chi connectivity index (χ0) is 23.2. The van der Waals surface area contributed by atoms with Gasteiger partial charge in [0.1, 0.15) is 11.2 Å². The quantitative estimate of drug-likeness (QED) is 0.520. The summed E-state index contributed by atoms with van der Waals surface area (Å²) in [5.74, 6) is 0.334. The molecule has 0 saturated heterocycles. The Balaban J connectivity index is 1.47. The number of aromatic nitrogens is 1. The molecule has 2 amide bonds.